The number of nitrogens with zero attached hydrogens (tertiary/aromatic N) is 2. The van der Waals surface area contributed by atoms with Crippen LogP contribution in [0.3, 0.4) is 0 Å². The minimum Gasteiger partial charge on any atom is -0.494 e. The largest absolute Gasteiger partial charge is 0.494 e. The van der Waals surface area contributed by atoms with E-state index in [0.717, 1.165) is 35.6 Å². The molecule has 2 N–H and O–H groups in total. The lowest BCUT2D eigenvalue weighted by molar-refractivity contribution is 0.317. The second-order valence-electron chi connectivity index (χ2n) is 4.11. The van der Waals surface area contributed by atoms with E-state index in [4.69, 9.17) is 10.5 Å². The summed E-state index contributed by atoms with van der Waals surface area (Å²) in [5.74, 6) is 1.39. The number of nitrogen functional groups attached to an aromatic ring is 1. The average molecular weight is 243 g/mol. The number of nitrogens with two attached hydrogens (primary N) is 1. The molecule has 0 aliphatic rings. The van der Waals surface area contributed by atoms with E-state index in [9.17, 15) is 0 Å². The predicted molar refractivity (Wildman–Crippen MR) is 72.4 cm³/mol. The Balaban J connectivity index is 2.26. The molecule has 0 spiro atoms. The monoisotopic (exact) mass is 243 g/mol. The van der Waals surface area contributed by atoms with E-state index in [1.54, 1.807) is 0 Å². The van der Waals surface area contributed by atoms with Gasteiger partial charge in [-0.2, -0.15) is 0 Å². The first-order valence-electron chi connectivity index (χ1n) is 6.02. The fourth-order valence-corrected chi connectivity index (χ4v) is 1.68. The Morgan fingerprint density at radius 3 is 2.56 bits per heavy atom. The van der Waals surface area contributed by atoms with Crippen LogP contribution in [0.15, 0.2) is 30.6 Å². The third-order valence-electron chi connectivity index (χ3n) is 2.72. The number of hydrogen-bond acceptors (Lipinski definition) is 4. The van der Waals surface area contributed by atoms with Crippen LogP contribution < -0.4 is 10.5 Å². The lowest BCUT2D eigenvalue weighted by Gasteiger charge is -2.08. The molecule has 4 nitrogen and oxygen atoms in total. The second kappa shape index (κ2) is 5.49. The van der Waals surface area contributed by atoms with Crippen LogP contribution in [0.2, 0.25) is 0 Å². The summed E-state index contributed by atoms with van der Waals surface area (Å²) in [7, 11) is 0. The molecule has 2 rings (SSSR count). The first-order valence-corrected chi connectivity index (χ1v) is 6.02. The fraction of sp³-hybridized carbons (Fsp3) is 0.286. The summed E-state index contributed by atoms with van der Waals surface area (Å²) in [5.41, 5.74) is 8.56. The molecule has 0 fully saturated rings. The maximum atomic E-state index is 5.78. The summed E-state index contributed by atoms with van der Waals surface area (Å²) in [6, 6.07) is 7.87. The molecule has 0 aliphatic carbocycles. The van der Waals surface area contributed by atoms with E-state index >= 15 is 0 Å². The third-order valence-corrected chi connectivity index (χ3v) is 2.72. The molecule has 0 radical (unpaired) electrons. The number of anilines is 1. The molecule has 18 heavy (non-hydrogen) atoms. The standard InChI is InChI=1S/C14H17N3O/c1-3-8-18-12-6-4-11(5-7-12)13-10(2)14(15)17-9-16-13/h4-7,9H,3,8H2,1-2H3,(H2,15,16,17). The van der Waals surface area contributed by atoms with Crippen LogP contribution >= 0.6 is 0 Å². The van der Waals surface area contributed by atoms with Crippen molar-refractivity contribution in [2.24, 2.45) is 0 Å². The van der Waals surface area contributed by atoms with Gasteiger partial charge in [0.2, 0.25) is 0 Å². The Labute approximate surface area is 107 Å². The van der Waals surface area contributed by atoms with Gasteiger partial charge in [-0.15, -0.1) is 0 Å². The van der Waals surface area contributed by atoms with E-state index in [0.29, 0.717) is 5.82 Å². The predicted octanol–water partition coefficient (Wildman–Crippen LogP) is 2.82. The highest BCUT2D eigenvalue weighted by molar-refractivity contribution is 5.67. The zero-order valence-electron chi connectivity index (χ0n) is 10.7. The molecule has 0 unspecified atom stereocenters. The zero-order chi connectivity index (χ0) is 13.0. The van der Waals surface area contributed by atoms with Gasteiger partial charge >= 0.3 is 0 Å². The SMILES string of the molecule is CCCOc1ccc(-c2ncnc(N)c2C)cc1. The summed E-state index contributed by atoms with van der Waals surface area (Å²) < 4.78 is 5.54. The maximum Gasteiger partial charge on any atom is 0.130 e. The summed E-state index contributed by atoms with van der Waals surface area (Å²) in [6.07, 6.45) is 2.49. The number of ether oxygens (including phenoxy) is 1. The molecule has 4 heteroatoms. The maximum absolute atomic E-state index is 5.78. The van der Waals surface area contributed by atoms with Crippen molar-refractivity contribution in [3.05, 3.63) is 36.2 Å². The second-order valence-corrected chi connectivity index (χ2v) is 4.11. The van der Waals surface area contributed by atoms with E-state index in [-0.39, 0.29) is 0 Å². The van der Waals surface area contributed by atoms with Gasteiger partial charge in [0.15, 0.2) is 0 Å². The summed E-state index contributed by atoms with van der Waals surface area (Å²) >= 11 is 0. The van der Waals surface area contributed by atoms with Crippen molar-refractivity contribution in [2.45, 2.75) is 20.3 Å². The topological polar surface area (TPSA) is 61.0 Å². The number of hydrogen-bond donors (Lipinski definition) is 1. The van der Waals surface area contributed by atoms with Gasteiger partial charge in [-0.1, -0.05) is 6.92 Å². The van der Waals surface area contributed by atoms with E-state index in [2.05, 4.69) is 16.9 Å². The van der Waals surface area contributed by atoms with Gasteiger partial charge in [-0.25, -0.2) is 9.97 Å². The van der Waals surface area contributed by atoms with Crippen LogP contribution in [-0.4, -0.2) is 16.6 Å². The molecule has 0 bridgehead atoms. The molecule has 94 valence electrons. The molecule has 2 aromatic rings. The highest BCUT2D eigenvalue weighted by Crippen LogP contribution is 2.25. The minimum absolute atomic E-state index is 0.520. The van der Waals surface area contributed by atoms with Crippen molar-refractivity contribution >= 4 is 5.82 Å². The molecule has 1 heterocycles. The summed E-state index contributed by atoms with van der Waals surface area (Å²) in [4.78, 5) is 8.23. The quantitative estimate of drug-likeness (QED) is 0.897. The van der Waals surface area contributed by atoms with Crippen LogP contribution in [0.25, 0.3) is 11.3 Å². The van der Waals surface area contributed by atoms with Gasteiger partial charge in [-0.3, -0.25) is 0 Å². The summed E-state index contributed by atoms with van der Waals surface area (Å²) in [6.45, 7) is 4.74. The smallest absolute Gasteiger partial charge is 0.130 e. The van der Waals surface area contributed by atoms with Crippen molar-refractivity contribution in [3.63, 3.8) is 0 Å². The Hall–Kier alpha value is -2.10. The van der Waals surface area contributed by atoms with E-state index in [1.807, 2.05) is 31.2 Å². The molecule has 0 amide bonds. The highest BCUT2D eigenvalue weighted by Gasteiger charge is 2.06. The van der Waals surface area contributed by atoms with Crippen molar-refractivity contribution in [1.82, 2.24) is 9.97 Å². The van der Waals surface area contributed by atoms with Gasteiger partial charge in [0.25, 0.3) is 0 Å². The summed E-state index contributed by atoms with van der Waals surface area (Å²) in [5, 5.41) is 0. The van der Waals surface area contributed by atoms with E-state index < -0.39 is 0 Å². The number of aromatic nitrogens is 2. The molecule has 0 saturated carbocycles. The zero-order valence-corrected chi connectivity index (χ0v) is 10.7. The highest BCUT2D eigenvalue weighted by atomic mass is 16.5. The van der Waals surface area contributed by atoms with Gasteiger partial charge in [0.05, 0.1) is 12.3 Å². The fourth-order valence-electron chi connectivity index (χ4n) is 1.68. The Morgan fingerprint density at radius 1 is 1.17 bits per heavy atom. The third kappa shape index (κ3) is 2.59. The average Bonchev–Trinajstić information content (AvgIpc) is 2.40. The van der Waals surface area contributed by atoms with Gasteiger partial charge in [0, 0.05) is 11.1 Å². The molecular formula is C14H17N3O. The van der Waals surface area contributed by atoms with E-state index in [1.165, 1.54) is 6.33 Å². The first-order chi connectivity index (χ1) is 8.72. The Morgan fingerprint density at radius 2 is 1.89 bits per heavy atom. The minimum atomic E-state index is 0.520. The van der Waals surface area contributed by atoms with Gasteiger partial charge in [-0.05, 0) is 37.6 Å². The number of rotatable bonds is 4. The van der Waals surface area contributed by atoms with Crippen molar-refractivity contribution in [1.29, 1.82) is 0 Å². The van der Waals surface area contributed by atoms with Crippen molar-refractivity contribution in [3.8, 4) is 17.0 Å². The van der Waals surface area contributed by atoms with Crippen LogP contribution in [0.5, 0.6) is 5.75 Å². The molecular weight excluding hydrogens is 226 g/mol. The van der Waals surface area contributed by atoms with Crippen LogP contribution in [0, 0.1) is 6.92 Å². The van der Waals surface area contributed by atoms with Crippen LogP contribution in [-0.2, 0) is 0 Å². The first kappa shape index (κ1) is 12.4. The molecule has 0 saturated heterocycles. The normalized spacial score (nSPS) is 10.3. The van der Waals surface area contributed by atoms with Crippen LogP contribution in [0.4, 0.5) is 5.82 Å². The molecule has 1 aromatic heterocycles. The molecule has 0 atom stereocenters. The Kier molecular flexibility index (Phi) is 3.77. The Bertz CT molecular complexity index is 523. The van der Waals surface area contributed by atoms with Crippen LogP contribution in [0.1, 0.15) is 18.9 Å². The van der Waals surface area contributed by atoms with Gasteiger partial charge in [0.1, 0.15) is 17.9 Å². The van der Waals surface area contributed by atoms with Gasteiger partial charge < -0.3 is 10.5 Å². The lowest BCUT2D eigenvalue weighted by atomic mass is 10.1. The number of benzene rings is 1. The van der Waals surface area contributed by atoms with Crippen molar-refractivity contribution < 1.29 is 4.74 Å². The molecule has 1 aromatic carbocycles. The lowest BCUT2D eigenvalue weighted by Crippen LogP contribution is -1.98. The van der Waals surface area contributed by atoms with Crippen molar-refractivity contribution in [2.75, 3.05) is 12.3 Å². The molecule has 0 aliphatic heterocycles.